The molecule has 0 spiro atoms. The lowest BCUT2D eigenvalue weighted by Gasteiger charge is -2.32. The normalized spacial score (nSPS) is 20.4. The number of nitrogens with zero attached hydrogens (tertiary/aromatic N) is 2. The number of anilines is 1. The summed E-state index contributed by atoms with van der Waals surface area (Å²) in [6.45, 7) is 3.93. The zero-order valence-corrected chi connectivity index (χ0v) is 19.0. The maximum Gasteiger partial charge on any atom is 0.332 e. The lowest BCUT2D eigenvalue weighted by molar-refractivity contribution is -0.123. The Balaban J connectivity index is 1.62. The average molecular weight is 455 g/mol. The van der Waals surface area contributed by atoms with E-state index in [1.165, 1.54) is 5.56 Å². The second kappa shape index (κ2) is 8.52. The third-order valence-corrected chi connectivity index (χ3v) is 6.86. The lowest BCUT2D eigenvalue weighted by atomic mass is 9.85. The van der Waals surface area contributed by atoms with Crippen molar-refractivity contribution in [2.24, 2.45) is 5.92 Å². The van der Waals surface area contributed by atoms with Gasteiger partial charge >= 0.3 is 6.03 Å². The van der Waals surface area contributed by atoms with Gasteiger partial charge in [-0.2, -0.15) is 0 Å². The van der Waals surface area contributed by atoms with Crippen molar-refractivity contribution in [2.75, 3.05) is 11.4 Å². The van der Waals surface area contributed by atoms with Crippen LogP contribution in [0.3, 0.4) is 0 Å². The Labute approximate surface area is 192 Å². The molecule has 4 rings (SSSR count). The van der Waals surface area contributed by atoms with Gasteiger partial charge in [-0.3, -0.25) is 4.79 Å². The van der Waals surface area contributed by atoms with Crippen LogP contribution < -0.4 is 4.90 Å². The van der Waals surface area contributed by atoms with Crippen molar-refractivity contribution in [3.05, 3.63) is 87.9 Å². The number of carbonyl (C=O) groups is 2. The quantitative estimate of drug-likeness (QED) is 0.498. The molecule has 0 bridgehead atoms. The van der Waals surface area contributed by atoms with Crippen LogP contribution in [0, 0.1) is 5.92 Å². The summed E-state index contributed by atoms with van der Waals surface area (Å²) in [5, 5.41) is 0.504. The molecule has 3 amide bonds. The molecule has 0 N–H and O–H groups in total. The zero-order chi connectivity index (χ0) is 22.2. The molecule has 1 atom stereocenters. The fourth-order valence-electron chi connectivity index (χ4n) is 4.18. The van der Waals surface area contributed by atoms with Gasteiger partial charge < -0.3 is 4.90 Å². The van der Waals surface area contributed by atoms with Gasteiger partial charge in [-0.25, -0.2) is 9.69 Å². The van der Waals surface area contributed by atoms with Crippen LogP contribution in [0.2, 0.25) is 10.0 Å². The molecule has 2 aliphatic rings. The van der Waals surface area contributed by atoms with Gasteiger partial charge in [-0.15, -0.1) is 0 Å². The molecule has 1 aliphatic heterocycles. The van der Waals surface area contributed by atoms with E-state index >= 15 is 0 Å². The Morgan fingerprint density at radius 3 is 2.52 bits per heavy atom. The molecule has 6 heteroatoms. The Morgan fingerprint density at radius 1 is 1.03 bits per heavy atom. The van der Waals surface area contributed by atoms with Crippen LogP contribution in [-0.4, -0.2) is 28.9 Å². The average Bonchev–Trinajstić information content (AvgIpc) is 2.92. The number of hydrogen-bond acceptors (Lipinski definition) is 2. The number of urea groups is 1. The van der Waals surface area contributed by atoms with E-state index in [1.54, 1.807) is 36.9 Å². The Kier molecular flexibility index (Phi) is 5.96. The van der Waals surface area contributed by atoms with Gasteiger partial charge in [0, 0.05) is 6.54 Å². The summed E-state index contributed by atoms with van der Waals surface area (Å²) in [4.78, 5) is 29.5. The second-order valence-electron chi connectivity index (χ2n) is 8.43. The van der Waals surface area contributed by atoms with Crippen LogP contribution in [0.4, 0.5) is 10.5 Å². The molecule has 160 valence electrons. The standard InChI is InChI=1S/C25H24Cl2N2O2/c1-25(2)23(30)29(21-14-8-13-20(26)22(21)27)24(31)28(25)16-19-12-7-6-11-18(19)15-17-9-4-3-5-10-17/h3-10,12-14,18H,11,15-16H2,1-2H3. The highest BCUT2D eigenvalue weighted by Gasteiger charge is 2.52. The first-order valence-corrected chi connectivity index (χ1v) is 11.1. The predicted octanol–water partition coefficient (Wildman–Crippen LogP) is 6.29. The van der Waals surface area contributed by atoms with Gasteiger partial charge in [0.15, 0.2) is 0 Å². The van der Waals surface area contributed by atoms with Crippen LogP contribution in [0.1, 0.15) is 25.8 Å². The number of hydrogen-bond donors (Lipinski definition) is 0. The predicted molar refractivity (Wildman–Crippen MR) is 126 cm³/mol. The fraction of sp³-hybridized carbons (Fsp3) is 0.280. The summed E-state index contributed by atoms with van der Waals surface area (Å²) in [7, 11) is 0. The largest absolute Gasteiger partial charge is 0.332 e. The number of rotatable bonds is 5. The summed E-state index contributed by atoms with van der Waals surface area (Å²) in [5.74, 6) is -0.0388. The summed E-state index contributed by atoms with van der Waals surface area (Å²) in [6.07, 6.45) is 8.03. The van der Waals surface area contributed by atoms with Crippen molar-refractivity contribution in [3.63, 3.8) is 0 Å². The summed E-state index contributed by atoms with van der Waals surface area (Å²) >= 11 is 12.5. The molecule has 31 heavy (non-hydrogen) atoms. The first kappa shape index (κ1) is 21.7. The Hall–Kier alpha value is -2.56. The van der Waals surface area contributed by atoms with Crippen molar-refractivity contribution >= 4 is 40.8 Å². The van der Waals surface area contributed by atoms with Gasteiger partial charge in [0.2, 0.25) is 0 Å². The van der Waals surface area contributed by atoms with Crippen LogP contribution in [0.15, 0.2) is 72.3 Å². The third kappa shape index (κ3) is 4.02. The van der Waals surface area contributed by atoms with E-state index < -0.39 is 5.54 Å². The van der Waals surface area contributed by atoms with E-state index in [9.17, 15) is 9.59 Å². The summed E-state index contributed by atoms with van der Waals surface area (Å²) in [6, 6.07) is 14.9. The highest BCUT2D eigenvalue weighted by Crippen LogP contribution is 2.39. The molecule has 1 unspecified atom stereocenters. The van der Waals surface area contributed by atoms with Gasteiger partial charge in [-0.05, 0) is 55.9 Å². The number of amides is 3. The fourth-order valence-corrected chi connectivity index (χ4v) is 4.56. The molecule has 4 nitrogen and oxygen atoms in total. The molecule has 0 aromatic heterocycles. The van der Waals surface area contributed by atoms with Crippen molar-refractivity contribution < 1.29 is 9.59 Å². The van der Waals surface area contributed by atoms with Gasteiger partial charge in [0.25, 0.3) is 5.91 Å². The molecule has 0 saturated carbocycles. The molecular weight excluding hydrogens is 431 g/mol. The third-order valence-electron chi connectivity index (χ3n) is 6.05. The monoisotopic (exact) mass is 454 g/mol. The van der Waals surface area contributed by atoms with Crippen LogP contribution in [-0.2, 0) is 11.2 Å². The smallest absolute Gasteiger partial charge is 0.306 e. The first-order chi connectivity index (χ1) is 14.8. The van der Waals surface area contributed by atoms with Crippen LogP contribution in [0.5, 0.6) is 0 Å². The summed E-state index contributed by atoms with van der Waals surface area (Å²) < 4.78 is 0. The maximum absolute atomic E-state index is 13.4. The molecular formula is C25H24Cl2N2O2. The van der Waals surface area contributed by atoms with E-state index in [4.69, 9.17) is 23.2 Å². The van der Waals surface area contributed by atoms with E-state index in [0.29, 0.717) is 17.3 Å². The number of allylic oxidation sites excluding steroid dienone is 3. The number of carbonyl (C=O) groups excluding carboxylic acids is 2. The van der Waals surface area contributed by atoms with Crippen molar-refractivity contribution in [1.29, 1.82) is 0 Å². The minimum absolute atomic E-state index is 0.199. The topological polar surface area (TPSA) is 40.6 Å². The van der Waals surface area contributed by atoms with Gasteiger partial charge in [0.1, 0.15) is 5.54 Å². The molecule has 2 aromatic carbocycles. The zero-order valence-electron chi connectivity index (χ0n) is 17.5. The SMILES string of the molecule is CC1(C)C(=O)N(c2cccc(Cl)c2Cl)C(=O)N1CC1=CC=CCC1Cc1ccccc1. The molecule has 1 fully saturated rings. The van der Waals surface area contributed by atoms with Gasteiger partial charge in [-0.1, -0.05) is 77.8 Å². The molecule has 1 saturated heterocycles. The highest BCUT2D eigenvalue weighted by atomic mass is 35.5. The highest BCUT2D eigenvalue weighted by molar-refractivity contribution is 6.45. The van der Waals surface area contributed by atoms with E-state index in [1.807, 2.05) is 24.3 Å². The van der Waals surface area contributed by atoms with Crippen LogP contribution >= 0.6 is 23.2 Å². The Bertz CT molecular complexity index is 1080. The number of halogens is 2. The molecule has 0 radical (unpaired) electrons. The second-order valence-corrected chi connectivity index (χ2v) is 9.22. The molecule has 1 heterocycles. The first-order valence-electron chi connectivity index (χ1n) is 10.3. The van der Waals surface area contributed by atoms with Crippen LogP contribution in [0.25, 0.3) is 0 Å². The molecule has 2 aromatic rings. The maximum atomic E-state index is 13.4. The van der Waals surface area contributed by atoms with E-state index in [2.05, 4.69) is 24.3 Å². The minimum Gasteiger partial charge on any atom is -0.306 e. The van der Waals surface area contributed by atoms with E-state index in [-0.39, 0.29) is 22.9 Å². The van der Waals surface area contributed by atoms with Gasteiger partial charge in [0.05, 0.1) is 15.7 Å². The lowest BCUT2D eigenvalue weighted by Crippen LogP contribution is -2.45. The van der Waals surface area contributed by atoms with Crippen molar-refractivity contribution in [3.8, 4) is 0 Å². The van der Waals surface area contributed by atoms with Crippen molar-refractivity contribution in [2.45, 2.75) is 32.2 Å². The number of imide groups is 1. The minimum atomic E-state index is -0.998. The van der Waals surface area contributed by atoms with Crippen molar-refractivity contribution in [1.82, 2.24) is 4.90 Å². The number of benzene rings is 2. The Morgan fingerprint density at radius 2 is 1.77 bits per heavy atom. The summed E-state index contributed by atoms with van der Waals surface area (Å²) in [5.41, 5.74) is 1.71. The molecule has 1 aliphatic carbocycles. The van der Waals surface area contributed by atoms with E-state index in [0.717, 1.165) is 23.3 Å².